The van der Waals surface area contributed by atoms with Crippen molar-refractivity contribution in [2.24, 2.45) is 0 Å². The molecule has 0 bridgehead atoms. The van der Waals surface area contributed by atoms with Crippen LogP contribution in [0.2, 0.25) is 0 Å². The van der Waals surface area contributed by atoms with Gasteiger partial charge >= 0.3 is 29.2 Å². The van der Waals surface area contributed by atoms with E-state index in [1.165, 1.54) is 12.2 Å². The lowest BCUT2D eigenvalue weighted by Gasteiger charge is -2.19. The number of aromatic nitrogens is 2. The zero-order chi connectivity index (χ0) is 24.5. The topological polar surface area (TPSA) is 264 Å². The van der Waals surface area contributed by atoms with Crippen LogP contribution in [0.25, 0.3) is 6.08 Å². The summed E-state index contributed by atoms with van der Waals surface area (Å²) in [4.78, 5) is 61.3. The van der Waals surface area contributed by atoms with Gasteiger partial charge in [0.15, 0.2) is 6.23 Å². The lowest BCUT2D eigenvalue weighted by Crippen LogP contribution is -2.38. The molecule has 182 valence electrons. The fraction of sp³-hybridized carbons (Fsp3) is 0.500. The Kier molecular flexibility index (Phi) is 8.35. The SMILES string of the molecule is C/C=C\c1cn([C@@H]2O[C@H](COP(=O)(O)OP(=O)(O)OP(=O)(O)O)[C@@H](O)[C@@H]2O)c(=O)[nH]c1=O. The zero-order valence-corrected chi connectivity index (χ0v) is 18.6. The zero-order valence-electron chi connectivity index (χ0n) is 15.9. The number of aliphatic hydroxyl groups is 2. The molecule has 0 aromatic carbocycles. The van der Waals surface area contributed by atoms with E-state index in [-0.39, 0.29) is 5.56 Å². The van der Waals surface area contributed by atoms with Gasteiger partial charge in [-0.15, -0.1) is 0 Å². The summed E-state index contributed by atoms with van der Waals surface area (Å²) in [7, 11) is -16.8. The first-order chi connectivity index (χ1) is 14.6. The number of phosphoric ester groups is 1. The number of H-pyrrole nitrogens is 1. The maximum absolute atomic E-state index is 12.1. The average molecular weight is 524 g/mol. The molecular formula is C12H19N2O15P3. The Hall–Kier alpha value is -1.29. The first kappa shape index (κ1) is 27.0. The third-order valence-corrected chi connectivity index (χ3v) is 7.57. The van der Waals surface area contributed by atoms with E-state index in [2.05, 4.69) is 13.1 Å². The summed E-state index contributed by atoms with van der Waals surface area (Å²) < 4.78 is 51.1. The van der Waals surface area contributed by atoms with Crippen molar-refractivity contribution in [2.75, 3.05) is 6.61 Å². The van der Waals surface area contributed by atoms with Crippen molar-refractivity contribution in [3.05, 3.63) is 38.7 Å². The Balaban J connectivity index is 2.14. The molecule has 0 aliphatic carbocycles. The summed E-state index contributed by atoms with van der Waals surface area (Å²) >= 11 is 0. The lowest BCUT2D eigenvalue weighted by atomic mass is 10.1. The summed E-state index contributed by atoms with van der Waals surface area (Å²) in [5.74, 6) is 0. The lowest BCUT2D eigenvalue weighted by molar-refractivity contribution is -0.0542. The minimum atomic E-state index is -5.75. The van der Waals surface area contributed by atoms with E-state index in [0.717, 1.165) is 10.8 Å². The molecule has 20 heteroatoms. The number of hydrogen-bond donors (Lipinski definition) is 7. The van der Waals surface area contributed by atoms with Crippen molar-refractivity contribution >= 4 is 29.5 Å². The Labute approximate surface area is 177 Å². The fourth-order valence-corrected chi connectivity index (χ4v) is 5.59. The smallest absolute Gasteiger partial charge is 0.387 e. The van der Waals surface area contributed by atoms with Crippen LogP contribution in [-0.2, 0) is 31.6 Å². The van der Waals surface area contributed by atoms with Gasteiger partial charge in [-0.05, 0) is 6.92 Å². The molecule has 1 saturated heterocycles. The summed E-state index contributed by atoms with van der Waals surface area (Å²) in [5, 5.41) is 20.3. The molecule has 2 rings (SSSR count). The predicted molar refractivity (Wildman–Crippen MR) is 102 cm³/mol. The minimum Gasteiger partial charge on any atom is -0.387 e. The van der Waals surface area contributed by atoms with Crippen molar-refractivity contribution in [2.45, 2.75) is 31.5 Å². The number of hydrogen-bond acceptors (Lipinski definition) is 11. The van der Waals surface area contributed by atoms with Crippen LogP contribution >= 0.6 is 23.5 Å². The van der Waals surface area contributed by atoms with E-state index in [1.54, 1.807) is 6.92 Å². The van der Waals surface area contributed by atoms with Gasteiger partial charge in [0.2, 0.25) is 0 Å². The first-order valence-corrected chi connectivity index (χ1v) is 12.9. The van der Waals surface area contributed by atoms with E-state index < -0.39 is 65.9 Å². The summed E-state index contributed by atoms with van der Waals surface area (Å²) in [6.07, 6.45) is -2.89. The van der Waals surface area contributed by atoms with Gasteiger partial charge in [0, 0.05) is 6.20 Å². The minimum absolute atomic E-state index is 0.00843. The molecule has 1 aromatic heterocycles. The van der Waals surface area contributed by atoms with Crippen LogP contribution in [-0.4, -0.2) is 64.3 Å². The van der Waals surface area contributed by atoms with Gasteiger partial charge in [0.1, 0.15) is 18.3 Å². The largest absolute Gasteiger partial charge is 0.490 e. The highest BCUT2D eigenvalue weighted by molar-refractivity contribution is 7.66. The molecule has 2 heterocycles. The molecule has 0 saturated carbocycles. The molecule has 0 amide bonds. The van der Waals surface area contributed by atoms with E-state index >= 15 is 0 Å². The van der Waals surface area contributed by atoms with Crippen LogP contribution in [0.5, 0.6) is 0 Å². The Morgan fingerprint density at radius 2 is 1.72 bits per heavy atom. The monoisotopic (exact) mass is 524 g/mol. The quantitative estimate of drug-likeness (QED) is 0.182. The van der Waals surface area contributed by atoms with Crippen molar-refractivity contribution in [3.8, 4) is 0 Å². The summed E-state index contributed by atoms with van der Waals surface area (Å²) in [6.45, 7) is 0.538. The van der Waals surface area contributed by atoms with Crippen LogP contribution in [0.4, 0.5) is 0 Å². The second-order valence-electron chi connectivity index (χ2n) is 6.18. The second kappa shape index (κ2) is 9.91. The molecule has 0 spiro atoms. The Bertz CT molecular complexity index is 1120. The predicted octanol–water partition coefficient (Wildman–Crippen LogP) is -1.47. The molecular weight excluding hydrogens is 505 g/mol. The van der Waals surface area contributed by atoms with E-state index in [9.17, 15) is 38.4 Å². The van der Waals surface area contributed by atoms with Crippen LogP contribution in [0.1, 0.15) is 18.7 Å². The van der Waals surface area contributed by atoms with Gasteiger partial charge < -0.3 is 34.5 Å². The molecule has 32 heavy (non-hydrogen) atoms. The van der Waals surface area contributed by atoms with E-state index in [0.29, 0.717) is 0 Å². The number of rotatable bonds is 9. The van der Waals surface area contributed by atoms with Crippen molar-refractivity contribution in [1.29, 1.82) is 0 Å². The van der Waals surface area contributed by atoms with Crippen LogP contribution < -0.4 is 11.2 Å². The summed E-state index contributed by atoms with van der Waals surface area (Å²) in [5.41, 5.74) is -1.73. The maximum atomic E-state index is 12.1. The van der Waals surface area contributed by atoms with Gasteiger partial charge in [-0.25, -0.2) is 18.5 Å². The van der Waals surface area contributed by atoms with Gasteiger partial charge in [0.05, 0.1) is 12.2 Å². The van der Waals surface area contributed by atoms with Crippen molar-refractivity contribution in [3.63, 3.8) is 0 Å². The van der Waals surface area contributed by atoms with Crippen LogP contribution in [0.3, 0.4) is 0 Å². The van der Waals surface area contributed by atoms with Crippen LogP contribution in [0, 0.1) is 0 Å². The van der Waals surface area contributed by atoms with Gasteiger partial charge in [-0.3, -0.25) is 18.9 Å². The first-order valence-electron chi connectivity index (χ1n) is 8.33. The average Bonchev–Trinajstić information content (AvgIpc) is 2.87. The Morgan fingerprint density at radius 1 is 1.09 bits per heavy atom. The molecule has 2 unspecified atom stereocenters. The number of aromatic amines is 1. The third-order valence-electron chi connectivity index (χ3n) is 3.77. The molecule has 1 aliphatic heterocycles. The molecule has 6 atom stereocenters. The van der Waals surface area contributed by atoms with Crippen LogP contribution in [0.15, 0.2) is 21.9 Å². The van der Waals surface area contributed by atoms with Crippen molar-refractivity contribution in [1.82, 2.24) is 9.55 Å². The molecule has 1 aromatic rings. The highest BCUT2D eigenvalue weighted by atomic mass is 31.3. The molecule has 17 nitrogen and oxygen atoms in total. The summed E-state index contributed by atoms with van der Waals surface area (Å²) in [6, 6.07) is 0. The molecule has 1 aliphatic rings. The normalized spacial score (nSPS) is 28.0. The van der Waals surface area contributed by atoms with Gasteiger partial charge in [-0.2, -0.15) is 8.62 Å². The highest BCUT2D eigenvalue weighted by Gasteiger charge is 2.46. The standard InChI is InChI=1S/C12H19N2O15P3/c1-2-3-6-4-14(12(18)13-10(6)17)11-9(16)8(15)7(27-11)5-26-31(22,23)29-32(24,25)28-30(19,20)21/h2-4,7-9,11,15-16H,5H2,1H3,(H,22,23)(H,24,25)(H,13,17,18)(H2,19,20,21)/b3-2-/t7-,8-,9+,11-/m1/s1. The van der Waals surface area contributed by atoms with Crippen molar-refractivity contribution < 1.29 is 61.4 Å². The van der Waals surface area contributed by atoms with Gasteiger partial charge in [0.25, 0.3) is 5.56 Å². The fourth-order valence-electron chi connectivity index (χ4n) is 2.56. The number of aliphatic hydroxyl groups excluding tert-OH is 2. The molecule has 7 N–H and O–H groups in total. The second-order valence-corrected chi connectivity index (χ2v) is 10.6. The number of allylic oxidation sites excluding steroid dienone is 1. The number of nitrogens with one attached hydrogen (secondary N) is 1. The van der Waals surface area contributed by atoms with E-state index in [1.807, 2.05) is 4.98 Å². The maximum Gasteiger partial charge on any atom is 0.490 e. The number of phosphoric acid groups is 3. The Morgan fingerprint density at radius 3 is 2.28 bits per heavy atom. The molecule has 1 fully saturated rings. The third kappa shape index (κ3) is 7.10. The molecule has 0 radical (unpaired) electrons. The highest BCUT2D eigenvalue weighted by Crippen LogP contribution is 2.66. The number of ether oxygens (including phenoxy) is 1. The van der Waals surface area contributed by atoms with E-state index in [4.69, 9.17) is 19.4 Å². The van der Waals surface area contributed by atoms with Gasteiger partial charge in [-0.1, -0.05) is 12.2 Å². The number of nitrogens with zero attached hydrogens (tertiary/aromatic N) is 1.